The highest BCUT2D eigenvalue weighted by Crippen LogP contribution is 2.41. The minimum Gasteiger partial charge on any atom is -0.492 e. The van der Waals surface area contributed by atoms with Crippen molar-refractivity contribution in [3.05, 3.63) is 52.0 Å². The lowest BCUT2D eigenvalue weighted by molar-refractivity contribution is -0.118. The van der Waals surface area contributed by atoms with Gasteiger partial charge in [-0.05, 0) is 62.2 Å². The van der Waals surface area contributed by atoms with Gasteiger partial charge in [0.1, 0.15) is 5.75 Å². The van der Waals surface area contributed by atoms with Gasteiger partial charge >= 0.3 is 0 Å². The number of nitrogens with one attached hydrogen (secondary N) is 3. The predicted molar refractivity (Wildman–Crippen MR) is 145 cm³/mol. The Labute approximate surface area is 222 Å². The minimum absolute atomic E-state index is 0. The molecular formula is C27H32Cl2N4O3. The van der Waals surface area contributed by atoms with Crippen LogP contribution in [0.5, 0.6) is 5.75 Å². The van der Waals surface area contributed by atoms with Gasteiger partial charge in [0.25, 0.3) is 5.91 Å². The maximum absolute atomic E-state index is 12.7. The van der Waals surface area contributed by atoms with Gasteiger partial charge in [0.05, 0.1) is 17.2 Å². The molecule has 1 saturated heterocycles. The van der Waals surface area contributed by atoms with Crippen molar-refractivity contribution in [2.24, 2.45) is 0 Å². The average Bonchev–Trinajstić information content (AvgIpc) is 3.44. The summed E-state index contributed by atoms with van der Waals surface area (Å²) >= 11 is 6.63. The molecule has 2 aliphatic heterocycles. The van der Waals surface area contributed by atoms with Crippen LogP contribution in [0.3, 0.4) is 0 Å². The number of ether oxygens (including phenoxy) is 1. The number of fused-ring (bicyclic) bond motifs is 2. The van der Waals surface area contributed by atoms with Crippen molar-refractivity contribution in [3.63, 3.8) is 0 Å². The fraction of sp³-hybridized carbons (Fsp3) is 0.407. The lowest BCUT2D eigenvalue weighted by Gasteiger charge is -2.26. The van der Waals surface area contributed by atoms with Gasteiger partial charge in [-0.25, -0.2) is 0 Å². The van der Waals surface area contributed by atoms with Gasteiger partial charge in [-0.2, -0.15) is 0 Å². The molecule has 1 fully saturated rings. The summed E-state index contributed by atoms with van der Waals surface area (Å²) in [5, 5.41) is 7.24. The Hall–Kier alpha value is -2.74. The van der Waals surface area contributed by atoms with Crippen LogP contribution in [-0.4, -0.2) is 47.9 Å². The molecule has 0 spiro atoms. The molecule has 2 aromatic carbocycles. The van der Waals surface area contributed by atoms with Crippen molar-refractivity contribution in [1.82, 2.24) is 20.5 Å². The SMILES string of the molecule is CC(=O)NCCCOc1cc(-c2cc3cc(CN4CCCCC4)ccc3[nH]2)c2c(c1Cl)CNC2=O.Cl. The molecule has 3 aromatic rings. The number of likely N-dealkylation sites (tertiary alicyclic amines) is 1. The number of piperidine rings is 1. The van der Waals surface area contributed by atoms with Crippen LogP contribution in [0.2, 0.25) is 5.02 Å². The molecule has 1 aromatic heterocycles. The van der Waals surface area contributed by atoms with Crippen molar-refractivity contribution >= 4 is 46.7 Å². The summed E-state index contributed by atoms with van der Waals surface area (Å²) < 4.78 is 5.98. The van der Waals surface area contributed by atoms with Crippen molar-refractivity contribution in [2.45, 2.75) is 45.7 Å². The van der Waals surface area contributed by atoms with E-state index in [0.717, 1.165) is 47.4 Å². The number of benzene rings is 2. The van der Waals surface area contributed by atoms with Gasteiger partial charge in [0.15, 0.2) is 0 Å². The molecule has 0 radical (unpaired) electrons. The highest BCUT2D eigenvalue weighted by molar-refractivity contribution is 6.34. The standard InChI is InChI=1S/C27H31ClN4O3.ClH/c1-17(33)29-8-5-11-35-24-14-20(25-21(26(24)28)15-30-27(25)34)23-13-19-12-18(6-7-22(19)31-23)16-32-9-3-2-4-10-32;/h6-7,12-14,31H,2-5,8-11,15-16H2,1H3,(H,29,33)(H,30,34);1H. The molecule has 0 saturated carbocycles. The second-order valence-corrected chi connectivity index (χ2v) is 9.78. The second kappa shape index (κ2) is 11.5. The van der Waals surface area contributed by atoms with Gasteiger partial charge < -0.3 is 20.4 Å². The van der Waals surface area contributed by atoms with E-state index in [2.05, 4.69) is 44.8 Å². The summed E-state index contributed by atoms with van der Waals surface area (Å²) in [6.07, 6.45) is 4.54. The van der Waals surface area contributed by atoms with Crippen LogP contribution in [0.1, 0.15) is 54.1 Å². The number of hydrogen-bond donors (Lipinski definition) is 3. The largest absolute Gasteiger partial charge is 0.492 e. The van der Waals surface area contributed by atoms with Gasteiger partial charge in [0, 0.05) is 54.3 Å². The summed E-state index contributed by atoms with van der Waals surface area (Å²) in [5.74, 6) is 0.355. The molecule has 0 atom stereocenters. The first kappa shape index (κ1) is 26.3. The topological polar surface area (TPSA) is 86.5 Å². The van der Waals surface area contributed by atoms with E-state index in [1.807, 2.05) is 6.07 Å². The van der Waals surface area contributed by atoms with E-state index < -0.39 is 0 Å². The number of carbonyl (C=O) groups is 2. The van der Waals surface area contributed by atoms with Gasteiger partial charge in [-0.3, -0.25) is 14.5 Å². The smallest absolute Gasteiger partial charge is 0.252 e. The lowest BCUT2D eigenvalue weighted by Crippen LogP contribution is -2.28. The number of carbonyl (C=O) groups excluding carboxylic acids is 2. The molecule has 0 aliphatic carbocycles. The number of hydrogen-bond acceptors (Lipinski definition) is 4. The van der Waals surface area contributed by atoms with Crippen LogP contribution in [0.15, 0.2) is 30.3 Å². The van der Waals surface area contributed by atoms with Gasteiger partial charge in [-0.15, -0.1) is 12.4 Å². The van der Waals surface area contributed by atoms with Crippen LogP contribution < -0.4 is 15.4 Å². The van der Waals surface area contributed by atoms with Crippen LogP contribution in [0, 0.1) is 0 Å². The fourth-order valence-electron chi connectivity index (χ4n) is 5.01. The van der Waals surface area contributed by atoms with E-state index in [9.17, 15) is 9.59 Å². The zero-order chi connectivity index (χ0) is 24.4. The molecule has 2 aliphatic rings. The lowest BCUT2D eigenvalue weighted by atomic mass is 9.99. The molecular weight excluding hydrogens is 499 g/mol. The summed E-state index contributed by atoms with van der Waals surface area (Å²) in [7, 11) is 0. The first-order valence-electron chi connectivity index (χ1n) is 12.3. The summed E-state index contributed by atoms with van der Waals surface area (Å²) in [5.41, 5.74) is 5.33. The molecule has 7 nitrogen and oxygen atoms in total. The van der Waals surface area contributed by atoms with Crippen LogP contribution in [0.25, 0.3) is 22.2 Å². The fourth-order valence-corrected chi connectivity index (χ4v) is 5.28. The summed E-state index contributed by atoms with van der Waals surface area (Å²) in [6, 6.07) is 10.5. The molecule has 5 rings (SSSR count). The minimum atomic E-state index is -0.126. The van der Waals surface area contributed by atoms with E-state index >= 15 is 0 Å². The third kappa shape index (κ3) is 5.64. The first-order valence-corrected chi connectivity index (χ1v) is 12.7. The van der Waals surface area contributed by atoms with E-state index in [0.29, 0.717) is 42.5 Å². The van der Waals surface area contributed by atoms with Crippen LogP contribution in [-0.2, 0) is 17.9 Å². The molecule has 9 heteroatoms. The highest BCUT2D eigenvalue weighted by atomic mass is 35.5. The van der Waals surface area contributed by atoms with E-state index in [1.165, 1.54) is 31.7 Å². The number of rotatable bonds is 8. The van der Waals surface area contributed by atoms with Gasteiger partial charge in [0.2, 0.25) is 5.91 Å². The number of aromatic nitrogens is 1. The predicted octanol–water partition coefficient (Wildman–Crippen LogP) is 5.04. The Morgan fingerprint density at radius 2 is 1.97 bits per heavy atom. The first-order chi connectivity index (χ1) is 17.0. The van der Waals surface area contributed by atoms with E-state index in [-0.39, 0.29) is 24.2 Å². The number of nitrogens with zero attached hydrogens (tertiary/aromatic N) is 1. The van der Waals surface area contributed by atoms with Crippen molar-refractivity contribution < 1.29 is 14.3 Å². The number of halogens is 2. The third-order valence-corrected chi connectivity index (χ3v) is 7.18. The maximum Gasteiger partial charge on any atom is 0.252 e. The highest BCUT2D eigenvalue weighted by Gasteiger charge is 2.29. The number of H-pyrrole nitrogens is 1. The van der Waals surface area contributed by atoms with E-state index in [4.69, 9.17) is 16.3 Å². The normalized spacial score (nSPS) is 15.3. The molecule has 0 bridgehead atoms. The molecule has 0 unspecified atom stereocenters. The van der Waals surface area contributed by atoms with Crippen molar-refractivity contribution in [1.29, 1.82) is 0 Å². The summed E-state index contributed by atoms with van der Waals surface area (Å²) in [6.45, 7) is 6.10. The summed E-state index contributed by atoms with van der Waals surface area (Å²) in [4.78, 5) is 29.8. The molecule has 3 heterocycles. The third-order valence-electron chi connectivity index (χ3n) is 6.76. The second-order valence-electron chi connectivity index (χ2n) is 9.40. The zero-order valence-electron chi connectivity index (χ0n) is 20.4. The Bertz CT molecular complexity index is 1270. The Morgan fingerprint density at radius 1 is 1.17 bits per heavy atom. The average molecular weight is 531 g/mol. The zero-order valence-corrected chi connectivity index (χ0v) is 22.0. The van der Waals surface area contributed by atoms with Crippen molar-refractivity contribution in [3.8, 4) is 17.0 Å². The Morgan fingerprint density at radius 3 is 2.75 bits per heavy atom. The molecule has 2 amide bonds. The Kier molecular flexibility index (Phi) is 8.44. The number of amides is 2. The van der Waals surface area contributed by atoms with Crippen LogP contribution in [0.4, 0.5) is 0 Å². The maximum atomic E-state index is 12.7. The van der Waals surface area contributed by atoms with Crippen LogP contribution >= 0.6 is 24.0 Å². The van der Waals surface area contributed by atoms with Gasteiger partial charge in [-0.1, -0.05) is 24.1 Å². The quantitative estimate of drug-likeness (QED) is 0.356. The molecule has 36 heavy (non-hydrogen) atoms. The van der Waals surface area contributed by atoms with E-state index in [1.54, 1.807) is 0 Å². The van der Waals surface area contributed by atoms with Crippen molar-refractivity contribution in [2.75, 3.05) is 26.2 Å². The molecule has 192 valence electrons. The monoisotopic (exact) mass is 530 g/mol. The number of aromatic amines is 1. The molecule has 3 N–H and O–H groups in total. The Balaban J connectivity index is 0.00000304.